The molecule has 1 amide bonds. The summed E-state index contributed by atoms with van der Waals surface area (Å²) in [6, 6.07) is 8.22. The fraction of sp³-hybridized carbons (Fsp3) is 0.312. The number of hydrogen-bond acceptors (Lipinski definition) is 3. The van der Waals surface area contributed by atoms with Crippen molar-refractivity contribution in [2.75, 3.05) is 5.32 Å². The monoisotopic (exact) mass is 299 g/mol. The van der Waals surface area contributed by atoms with Crippen LogP contribution in [0, 0.1) is 0 Å². The predicted molar refractivity (Wildman–Crippen MR) is 81.1 cm³/mol. The number of nitrogens with zero attached hydrogens (tertiary/aromatic N) is 2. The van der Waals surface area contributed by atoms with Crippen molar-refractivity contribution in [3.63, 3.8) is 0 Å². The van der Waals surface area contributed by atoms with Crippen LogP contribution in [0.1, 0.15) is 52.6 Å². The fourth-order valence-electron chi connectivity index (χ4n) is 2.76. The lowest BCUT2D eigenvalue weighted by Gasteiger charge is -2.09. The first-order valence-corrected chi connectivity index (χ1v) is 7.33. The van der Waals surface area contributed by atoms with Crippen LogP contribution in [0.4, 0.5) is 5.69 Å². The molecule has 0 bridgehead atoms. The van der Waals surface area contributed by atoms with E-state index in [0.717, 1.165) is 12.8 Å². The Morgan fingerprint density at radius 2 is 2.00 bits per heavy atom. The zero-order valence-corrected chi connectivity index (χ0v) is 12.0. The summed E-state index contributed by atoms with van der Waals surface area (Å²) in [7, 11) is 0. The first-order chi connectivity index (χ1) is 10.6. The number of rotatable bonds is 4. The zero-order chi connectivity index (χ0) is 15.5. The van der Waals surface area contributed by atoms with Crippen molar-refractivity contribution < 1.29 is 14.7 Å². The number of aromatic nitrogens is 2. The van der Waals surface area contributed by atoms with Crippen molar-refractivity contribution in [2.24, 2.45) is 0 Å². The normalized spacial score (nSPS) is 14.9. The van der Waals surface area contributed by atoms with Crippen molar-refractivity contribution >= 4 is 17.6 Å². The largest absolute Gasteiger partial charge is 0.478 e. The van der Waals surface area contributed by atoms with Crippen LogP contribution in [0.15, 0.2) is 36.5 Å². The summed E-state index contributed by atoms with van der Waals surface area (Å²) in [5.41, 5.74) is 0.919. The van der Waals surface area contributed by atoms with E-state index in [1.807, 2.05) is 10.9 Å². The van der Waals surface area contributed by atoms with Crippen LogP contribution < -0.4 is 5.32 Å². The average molecular weight is 299 g/mol. The molecule has 1 aromatic carbocycles. The zero-order valence-electron chi connectivity index (χ0n) is 12.0. The number of carbonyl (C=O) groups excluding carboxylic acids is 1. The number of carbonyl (C=O) groups is 2. The molecule has 0 radical (unpaired) electrons. The minimum absolute atomic E-state index is 0.134. The van der Waals surface area contributed by atoms with Crippen LogP contribution in [-0.2, 0) is 0 Å². The number of anilines is 1. The van der Waals surface area contributed by atoms with Gasteiger partial charge in [0.05, 0.1) is 11.6 Å². The molecule has 1 saturated carbocycles. The van der Waals surface area contributed by atoms with Gasteiger partial charge in [0.1, 0.15) is 0 Å². The number of carboxylic acids is 1. The average Bonchev–Trinajstić information content (AvgIpc) is 3.18. The molecule has 0 saturated heterocycles. The third-order valence-corrected chi connectivity index (χ3v) is 3.91. The highest BCUT2D eigenvalue weighted by Crippen LogP contribution is 2.28. The van der Waals surface area contributed by atoms with E-state index in [4.69, 9.17) is 5.11 Å². The second kappa shape index (κ2) is 6.01. The highest BCUT2D eigenvalue weighted by molar-refractivity contribution is 6.03. The molecule has 1 aliphatic rings. The van der Waals surface area contributed by atoms with Gasteiger partial charge in [-0.3, -0.25) is 9.48 Å². The smallest absolute Gasteiger partial charge is 0.335 e. The van der Waals surface area contributed by atoms with Crippen LogP contribution in [0.25, 0.3) is 0 Å². The predicted octanol–water partition coefficient (Wildman–Crippen LogP) is 2.95. The van der Waals surface area contributed by atoms with Gasteiger partial charge in [0.25, 0.3) is 5.91 Å². The van der Waals surface area contributed by atoms with Crippen molar-refractivity contribution in [1.82, 2.24) is 9.78 Å². The van der Waals surface area contributed by atoms with Gasteiger partial charge >= 0.3 is 5.97 Å². The number of aromatic carboxylic acids is 1. The van der Waals surface area contributed by atoms with Crippen molar-refractivity contribution in [2.45, 2.75) is 31.7 Å². The number of carboxylic acid groups (broad SMARTS) is 1. The van der Waals surface area contributed by atoms with Gasteiger partial charge in [0, 0.05) is 11.9 Å². The Morgan fingerprint density at radius 3 is 2.73 bits per heavy atom. The lowest BCUT2D eigenvalue weighted by molar-refractivity contribution is 0.0696. The van der Waals surface area contributed by atoms with E-state index in [1.54, 1.807) is 18.2 Å². The van der Waals surface area contributed by atoms with Gasteiger partial charge in [-0.2, -0.15) is 5.10 Å². The molecule has 1 fully saturated rings. The van der Waals surface area contributed by atoms with E-state index in [1.165, 1.54) is 25.0 Å². The Morgan fingerprint density at radius 1 is 1.23 bits per heavy atom. The van der Waals surface area contributed by atoms with Gasteiger partial charge in [0.2, 0.25) is 0 Å². The Hall–Kier alpha value is -2.63. The summed E-state index contributed by atoms with van der Waals surface area (Å²) in [6.07, 6.45) is 6.44. The van der Waals surface area contributed by atoms with Crippen LogP contribution in [0.3, 0.4) is 0 Å². The van der Waals surface area contributed by atoms with E-state index in [9.17, 15) is 9.59 Å². The Labute approximate surface area is 127 Å². The van der Waals surface area contributed by atoms with Crippen LogP contribution in [0.5, 0.6) is 0 Å². The molecule has 0 unspecified atom stereocenters. The molecule has 1 heterocycles. The van der Waals surface area contributed by atoms with E-state index in [-0.39, 0.29) is 11.5 Å². The highest BCUT2D eigenvalue weighted by Gasteiger charge is 2.19. The molecule has 2 N–H and O–H groups in total. The van der Waals surface area contributed by atoms with Gasteiger partial charge in [-0.1, -0.05) is 18.9 Å². The molecule has 22 heavy (non-hydrogen) atoms. The second-order valence-electron chi connectivity index (χ2n) is 5.46. The molecule has 3 rings (SSSR count). The summed E-state index contributed by atoms with van der Waals surface area (Å²) in [5.74, 6) is -1.36. The Kier molecular flexibility index (Phi) is 3.91. The molecular weight excluding hydrogens is 282 g/mol. The molecule has 114 valence electrons. The molecule has 6 nitrogen and oxygen atoms in total. The summed E-state index contributed by atoms with van der Waals surface area (Å²) >= 11 is 0. The third kappa shape index (κ3) is 3.00. The topological polar surface area (TPSA) is 84.2 Å². The highest BCUT2D eigenvalue weighted by atomic mass is 16.4. The maximum atomic E-state index is 12.2. The quantitative estimate of drug-likeness (QED) is 0.909. The molecule has 0 atom stereocenters. The van der Waals surface area contributed by atoms with E-state index < -0.39 is 5.97 Å². The lowest BCUT2D eigenvalue weighted by atomic mass is 10.2. The molecule has 0 aliphatic heterocycles. The Bertz CT molecular complexity index is 702. The lowest BCUT2D eigenvalue weighted by Crippen LogP contribution is -2.14. The number of benzene rings is 1. The second-order valence-corrected chi connectivity index (χ2v) is 5.46. The molecule has 6 heteroatoms. The first kappa shape index (κ1) is 14.3. The van der Waals surface area contributed by atoms with E-state index in [2.05, 4.69) is 10.4 Å². The van der Waals surface area contributed by atoms with Gasteiger partial charge in [-0.05, 0) is 37.1 Å². The molecule has 0 spiro atoms. The van der Waals surface area contributed by atoms with Crippen molar-refractivity contribution in [1.29, 1.82) is 0 Å². The molecule has 1 aliphatic carbocycles. The Balaban J connectivity index is 1.71. The minimum atomic E-state index is -1.03. The van der Waals surface area contributed by atoms with Crippen molar-refractivity contribution in [3.8, 4) is 0 Å². The van der Waals surface area contributed by atoms with Gasteiger partial charge in [0.15, 0.2) is 5.69 Å². The summed E-state index contributed by atoms with van der Waals surface area (Å²) in [5, 5.41) is 16.0. The van der Waals surface area contributed by atoms with Crippen LogP contribution in [-0.4, -0.2) is 26.8 Å². The third-order valence-electron chi connectivity index (χ3n) is 3.91. The fourth-order valence-corrected chi connectivity index (χ4v) is 2.76. The summed E-state index contributed by atoms with van der Waals surface area (Å²) in [6.45, 7) is 0. The van der Waals surface area contributed by atoms with Crippen LogP contribution in [0.2, 0.25) is 0 Å². The first-order valence-electron chi connectivity index (χ1n) is 7.33. The maximum absolute atomic E-state index is 12.2. The van der Waals surface area contributed by atoms with Gasteiger partial charge < -0.3 is 10.4 Å². The van der Waals surface area contributed by atoms with Crippen molar-refractivity contribution in [3.05, 3.63) is 47.8 Å². The standard InChI is InChI=1S/C16H17N3O3/c20-15(17-12-5-3-4-11(10-12)16(21)22)14-8-9-19(18-14)13-6-1-2-7-13/h3-5,8-10,13H,1-2,6-7H2,(H,17,20)(H,21,22). The maximum Gasteiger partial charge on any atom is 0.335 e. The number of nitrogens with one attached hydrogen (secondary N) is 1. The molecular formula is C16H17N3O3. The molecule has 1 aromatic heterocycles. The van der Waals surface area contributed by atoms with E-state index in [0.29, 0.717) is 17.4 Å². The van der Waals surface area contributed by atoms with Gasteiger partial charge in [-0.15, -0.1) is 0 Å². The van der Waals surface area contributed by atoms with Gasteiger partial charge in [-0.25, -0.2) is 4.79 Å². The SMILES string of the molecule is O=C(O)c1cccc(NC(=O)c2ccn(C3CCCC3)n2)c1. The van der Waals surface area contributed by atoms with E-state index >= 15 is 0 Å². The number of hydrogen-bond donors (Lipinski definition) is 2. The molecule has 2 aromatic rings. The van der Waals surface area contributed by atoms with Crippen LogP contribution >= 0.6 is 0 Å². The summed E-state index contributed by atoms with van der Waals surface area (Å²) in [4.78, 5) is 23.1. The minimum Gasteiger partial charge on any atom is -0.478 e. The number of amides is 1. The summed E-state index contributed by atoms with van der Waals surface area (Å²) < 4.78 is 1.86.